The highest BCUT2D eigenvalue weighted by atomic mass is 19.4. The van der Waals surface area contributed by atoms with E-state index in [1.807, 2.05) is 6.92 Å². The summed E-state index contributed by atoms with van der Waals surface area (Å²) in [4.78, 5) is 16.0. The Balaban J connectivity index is 2.20. The highest BCUT2D eigenvalue weighted by Crippen LogP contribution is 2.30. The van der Waals surface area contributed by atoms with E-state index in [-0.39, 0.29) is 5.69 Å². The van der Waals surface area contributed by atoms with Crippen molar-refractivity contribution in [3.8, 4) is 17.6 Å². The summed E-state index contributed by atoms with van der Waals surface area (Å²) in [6.45, 7) is 2.25. The van der Waals surface area contributed by atoms with E-state index in [1.54, 1.807) is 24.3 Å². The molecule has 146 valence electrons. The molecular weight excluding hydrogens is 373 g/mol. The van der Waals surface area contributed by atoms with Crippen molar-refractivity contribution in [1.82, 2.24) is 4.98 Å². The summed E-state index contributed by atoms with van der Waals surface area (Å²) in [5.41, 5.74) is -0.359. The Labute approximate surface area is 160 Å². The Bertz CT molecular complexity index is 900. The quantitative estimate of drug-likeness (QED) is 0.656. The van der Waals surface area contributed by atoms with Crippen LogP contribution in [0.25, 0.3) is 6.08 Å². The molecule has 0 N–H and O–H groups in total. The van der Waals surface area contributed by atoms with Gasteiger partial charge in [-0.2, -0.15) is 18.4 Å². The second-order valence-corrected chi connectivity index (χ2v) is 5.61. The molecule has 2 rings (SSSR count). The average molecular weight is 390 g/mol. The fourth-order valence-electron chi connectivity index (χ4n) is 2.36. The molecule has 1 heterocycles. The predicted molar refractivity (Wildman–Crippen MR) is 95.8 cm³/mol. The number of nitriles is 1. The Kier molecular flexibility index (Phi) is 6.77. The molecule has 0 aliphatic carbocycles. The second kappa shape index (κ2) is 9.04. The van der Waals surface area contributed by atoms with E-state index in [1.165, 1.54) is 19.3 Å². The first-order valence-electron chi connectivity index (χ1n) is 8.25. The van der Waals surface area contributed by atoms with Gasteiger partial charge in [0.05, 0.1) is 31.0 Å². The molecular formula is C20H17F3N2O3. The van der Waals surface area contributed by atoms with Crippen LogP contribution in [0.2, 0.25) is 0 Å². The number of ether oxygens (including phenoxy) is 2. The van der Waals surface area contributed by atoms with Crippen LogP contribution in [0.3, 0.4) is 0 Å². The summed E-state index contributed by atoms with van der Waals surface area (Å²) in [6.07, 6.45) is -1.26. The minimum Gasteiger partial charge on any atom is -0.493 e. The first kappa shape index (κ1) is 21.0. The molecule has 0 radical (unpaired) electrons. The number of ketones is 1. The zero-order chi connectivity index (χ0) is 20.7. The van der Waals surface area contributed by atoms with Crippen LogP contribution in [0.15, 0.2) is 42.6 Å². The third-order valence-electron chi connectivity index (χ3n) is 3.75. The highest BCUT2D eigenvalue weighted by molar-refractivity contribution is 6.00. The number of hydrogen-bond acceptors (Lipinski definition) is 5. The Morgan fingerprint density at radius 2 is 2.04 bits per heavy atom. The lowest BCUT2D eigenvalue weighted by molar-refractivity contribution is -0.137. The molecule has 2 aromatic rings. The van der Waals surface area contributed by atoms with Gasteiger partial charge in [0.2, 0.25) is 0 Å². The summed E-state index contributed by atoms with van der Waals surface area (Å²) >= 11 is 0. The average Bonchev–Trinajstić information content (AvgIpc) is 2.67. The van der Waals surface area contributed by atoms with E-state index >= 15 is 0 Å². The highest BCUT2D eigenvalue weighted by Gasteiger charge is 2.31. The number of halogens is 3. The van der Waals surface area contributed by atoms with Gasteiger partial charge in [-0.3, -0.25) is 9.78 Å². The van der Waals surface area contributed by atoms with E-state index in [0.717, 1.165) is 12.1 Å². The van der Waals surface area contributed by atoms with Crippen LogP contribution in [0.4, 0.5) is 13.2 Å². The number of nitrogens with zero attached hydrogens (tertiary/aromatic N) is 2. The molecule has 0 aliphatic heterocycles. The van der Waals surface area contributed by atoms with Gasteiger partial charge in [0.25, 0.3) is 0 Å². The maximum atomic E-state index is 12.6. The maximum absolute atomic E-state index is 12.6. The van der Waals surface area contributed by atoms with Crippen molar-refractivity contribution >= 4 is 11.9 Å². The largest absolute Gasteiger partial charge is 0.493 e. The van der Waals surface area contributed by atoms with E-state index in [0.29, 0.717) is 29.9 Å². The number of pyridine rings is 1. The van der Waals surface area contributed by atoms with Gasteiger partial charge in [-0.15, -0.1) is 0 Å². The smallest absolute Gasteiger partial charge is 0.417 e. The monoisotopic (exact) mass is 390 g/mol. The van der Waals surface area contributed by atoms with Gasteiger partial charge in [-0.25, -0.2) is 0 Å². The van der Waals surface area contributed by atoms with Crippen molar-refractivity contribution in [1.29, 1.82) is 5.26 Å². The number of carbonyl (C=O) groups is 1. The standard InChI is InChI=1S/C20H17F3N2O3/c1-3-28-19-10-13(5-9-18(19)27-2)4-8-17(26)15(11-24)16-7-6-14(12-25-16)20(21,22)23/h4-10,12,15H,3H2,1-2H3/b8-4+. The molecule has 1 unspecified atom stereocenters. The first-order valence-corrected chi connectivity index (χ1v) is 8.25. The fourth-order valence-corrected chi connectivity index (χ4v) is 2.36. The molecule has 0 saturated heterocycles. The summed E-state index contributed by atoms with van der Waals surface area (Å²) in [7, 11) is 1.51. The molecule has 0 bridgehead atoms. The molecule has 0 amide bonds. The number of hydrogen-bond donors (Lipinski definition) is 0. The molecule has 0 saturated carbocycles. The lowest BCUT2D eigenvalue weighted by atomic mass is 9.99. The Hall–Kier alpha value is -3.34. The van der Waals surface area contributed by atoms with Gasteiger partial charge in [-0.05, 0) is 42.8 Å². The van der Waals surface area contributed by atoms with Gasteiger partial charge in [0, 0.05) is 6.20 Å². The molecule has 1 atom stereocenters. The predicted octanol–water partition coefficient (Wildman–Crippen LogP) is 4.40. The molecule has 5 nitrogen and oxygen atoms in total. The first-order chi connectivity index (χ1) is 13.3. The van der Waals surface area contributed by atoms with Crippen molar-refractivity contribution in [2.75, 3.05) is 13.7 Å². The van der Waals surface area contributed by atoms with Crippen LogP contribution in [-0.2, 0) is 11.0 Å². The van der Waals surface area contributed by atoms with E-state index < -0.39 is 23.4 Å². The van der Waals surface area contributed by atoms with Crippen LogP contribution in [-0.4, -0.2) is 24.5 Å². The minimum absolute atomic E-state index is 0.0464. The Morgan fingerprint density at radius 1 is 1.29 bits per heavy atom. The van der Waals surface area contributed by atoms with Gasteiger partial charge >= 0.3 is 6.18 Å². The molecule has 1 aromatic carbocycles. The van der Waals surface area contributed by atoms with Crippen molar-refractivity contribution < 1.29 is 27.4 Å². The number of methoxy groups -OCH3 is 1. The lowest BCUT2D eigenvalue weighted by Crippen LogP contribution is -2.11. The van der Waals surface area contributed by atoms with Gasteiger partial charge in [0.1, 0.15) is 0 Å². The molecule has 0 aliphatic rings. The molecule has 28 heavy (non-hydrogen) atoms. The Morgan fingerprint density at radius 3 is 2.57 bits per heavy atom. The van der Waals surface area contributed by atoms with Crippen LogP contribution in [0.5, 0.6) is 11.5 Å². The maximum Gasteiger partial charge on any atom is 0.417 e. The van der Waals surface area contributed by atoms with Crippen LogP contribution in [0.1, 0.15) is 29.7 Å². The van der Waals surface area contributed by atoms with E-state index in [2.05, 4.69) is 4.98 Å². The number of alkyl halides is 3. The fraction of sp³-hybridized carbons (Fsp3) is 0.250. The molecule has 8 heteroatoms. The van der Waals surface area contributed by atoms with Crippen molar-refractivity contribution in [2.24, 2.45) is 0 Å². The summed E-state index contributed by atoms with van der Waals surface area (Å²) in [5.74, 6) is -0.860. The summed E-state index contributed by atoms with van der Waals surface area (Å²) in [6, 6.07) is 8.64. The van der Waals surface area contributed by atoms with Crippen molar-refractivity contribution in [2.45, 2.75) is 19.0 Å². The van der Waals surface area contributed by atoms with Crippen LogP contribution >= 0.6 is 0 Å². The second-order valence-electron chi connectivity index (χ2n) is 5.61. The normalized spacial score (nSPS) is 12.4. The number of rotatable bonds is 7. The molecule has 0 fully saturated rings. The van der Waals surface area contributed by atoms with Gasteiger partial charge in [-0.1, -0.05) is 12.1 Å². The number of carbonyl (C=O) groups excluding carboxylic acids is 1. The summed E-state index contributed by atoms with van der Waals surface area (Å²) < 4.78 is 48.5. The van der Waals surface area contributed by atoms with E-state index in [9.17, 15) is 23.2 Å². The topological polar surface area (TPSA) is 72.2 Å². The number of benzene rings is 1. The zero-order valence-electron chi connectivity index (χ0n) is 15.2. The van der Waals surface area contributed by atoms with E-state index in [4.69, 9.17) is 9.47 Å². The van der Waals surface area contributed by atoms with Gasteiger partial charge in [0.15, 0.2) is 23.2 Å². The SMILES string of the molecule is CCOc1cc(/C=C/C(=O)C(C#N)c2ccc(C(F)(F)F)cn2)ccc1OC. The number of allylic oxidation sites excluding steroid dienone is 1. The molecule has 1 aromatic heterocycles. The third kappa shape index (κ3) is 5.10. The van der Waals surface area contributed by atoms with Crippen molar-refractivity contribution in [3.05, 3.63) is 59.4 Å². The summed E-state index contributed by atoms with van der Waals surface area (Å²) in [5, 5.41) is 9.26. The third-order valence-corrected chi connectivity index (χ3v) is 3.75. The van der Waals surface area contributed by atoms with Crippen LogP contribution in [0, 0.1) is 11.3 Å². The van der Waals surface area contributed by atoms with Crippen molar-refractivity contribution in [3.63, 3.8) is 0 Å². The molecule has 0 spiro atoms. The zero-order valence-corrected chi connectivity index (χ0v) is 15.2. The number of aromatic nitrogens is 1. The van der Waals surface area contributed by atoms with Gasteiger partial charge < -0.3 is 9.47 Å². The van der Waals surface area contributed by atoms with Crippen LogP contribution < -0.4 is 9.47 Å². The lowest BCUT2D eigenvalue weighted by Gasteiger charge is -2.10. The minimum atomic E-state index is -4.54.